The van der Waals surface area contributed by atoms with E-state index in [2.05, 4.69) is 75.1 Å². The lowest BCUT2D eigenvalue weighted by molar-refractivity contribution is -0.430. The molecule has 4 unspecified atom stereocenters. The molecule has 0 saturated carbocycles. The van der Waals surface area contributed by atoms with Crippen molar-refractivity contribution in [2.24, 2.45) is 23.7 Å². The summed E-state index contributed by atoms with van der Waals surface area (Å²) in [6.45, 7) is 14.4. The Hall–Kier alpha value is 0.540. The van der Waals surface area contributed by atoms with E-state index in [1.54, 1.807) is 0 Å². The molecule has 0 radical (unpaired) electrons. The van der Waals surface area contributed by atoms with Gasteiger partial charge in [-0.3, -0.25) is 0 Å². The third-order valence-electron chi connectivity index (χ3n) is 6.49. The molecule has 0 amide bonds. The molecule has 2 spiro atoms. The number of likely N-dealkylation sites (N-methyl/N-ethyl adjacent to an activating group) is 1. The molecule has 0 aromatic rings. The topological polar surface area (TPSA) is 24.9 Å². The van der Waals surface area contributed by atoms with Gasteiger partial charge in [0, 0.05) is 30.6 Å². The average Bonchev–Trinajstić information content (AvgIpc) is 2.44. The van der Waals surface area contributed by atoms with Crippen molar-refractivity contribution in [2.45, 2.75) is 45.0 Å². The predicted molar refractivity (Wildman–Crippen MR) is 111 cm³/mol. The highest BCUT2D eigenvalue weighted by Gasteiger charge is 2.51. The molecule has 0 bridgehead atoms. The summed E-state index contributed by atoms with van der Waals surface area (Å²) in [4.78, 5) is 4.77. The van der Waals surface area contributed by atoms with Gasteiger partial charge in [0.1, 0.15) is 0 Å². The Morgan fingerprint density at radius 3 is 1.80 bits per heavy atom. The van der Waals surface area contributed by atoms with Gasteiger partial charge in [0.15, 0.2) is 12.6 Å². The normalized spacial score (nSPS) is 39.6. The molecular formula is C19H38N2O2S2. The zero-order valence-electron chi connectivity index (χ0n) is 16.1. The lowest BCUT2D eigenvalue weighted by Gasteiger charge is -2.53. The van der Waals surface area contributed by atoms with Gasteiger partial charge in [-0.1, -0.05) is 35.1 Å². The zero-order chi connectivity index (χ0) is 17.5. The lowest BCUT2D eigenvalue weighted by Crippen LogP contribution is -2.63. The molecule has 0 aromatic heterocycles. The van der Waals surface area contributed by atoms with Crippen molar-refractivity contribution in [3.63, 3.8) is 0 Å². The van der Waals surface area contributed by atoms with Crippen molar-refractivity contribution in [3.8, 4) is 0 Å². The minimum Gasteiger partial charge on any atom is -0.322 e. The Morgan fingerprint density at radius 1 is 0.840 bits per heavy atom. The van der Waals surface area contributed by atoms with Crippen LogP contribution >= 0.6 is 23.5 Å². The molecule has 4 fully saturated rings. The summed E-state index contributed by atoms with van der Waals surface area (Å²) < 4.78 is 11.7. The van der Waals surface area contributed by atoms with Crippen LogP contribution in [0.5, 0.6) is 0 Å². The Bertz CT molecular complexity index is 403. The Kier molecular flexibility index (Phi) is 7.23. The molecule has 4 atom stereocenters. The quantitative estimate of drug-likeness (QED) is 0.622. The van der Waals surface area contributed by atoms with Crippen LogP contribution < -0.4 is 0 Å². The van der Waals surface area contributed by atoms with Crippen LogP contribution in [0.1, 0.15) is 35.1 Å². The molecule has 4 aliphatic heterocycles. The minimum atomic E-state index is -0.271. The third kappa shape index (κ3) is 4.19. The highest BCUT2D eigenvalue weighted by Crippen LogP contribution is 2.58. The van der Waals surface area contributed by atoms with Crippen molar-refractivity contribution >= 4 is 23.5 Å². The monoisotopic (exact) mass is 390 g/mol. The van der Waals surface area contributed by atoms with E-state index < -0.39 is 0 Å². The first-order valence-corrected chi connectivity index (χ1v) is 11.2. The maximum atomic E-state index is 5.55. The summed E-state index contributed by atoms with van der Waals surface area (Å²) in [7, 11) is 4.37. The van der Waals surface area contributed by atoms with Crippen LogP contribution in [0.15, 0.2) is 0 Å². The number of nitrogens with zero attached hydrogens (tertiary/aromatic N) is 2. The van der Waals surface area contributed by atoms with Gasteiger partial charge in [0.2, 0.25) is 0 Å². The summed E-state index contributed by atoms with van der Waals surface area (Å²) in [5, 5.41) is 1.31. The SMILES string of the molecule is C.CC1CN(C)CC2(OCO2)C1C.CC1CN(C)CC2(SCS2)C1C. The van der Waals surface area contributed by atoms with E-state index in [1.807, 2.05) is 0 Å². The van der Waals surface area contributed by atoms with Gasteiger partial charge in [-0.25, -0.2) is 0 Å². The third-order valence-corrected chi connectivity index (χ3v) is 10.1. The van der Waals surface area contributed by atoms with Crippen molar-refractivity contribution in [1.29, 1.82) is 0 Å². The van der Waals surface area contributed by atoms with Crippen LogP contribution in [0.25, 0.3) is 0 Å². The molecule has 4 nitrogen and oxygen atoms in total. The molecule has 6 heteroatoms. The molecule has 4 saturated heterocycles. The van der Waals surface area contributed by atoms with Gasteiger partial charge < -0.3 is 19.3 Å². The van der Waals surface area contributed by atoms with Gasteiger partial charge in [-0.2, -0.15) is 0 Å². The molecule has 148 valence electrons. The van der Waals surface area contributed by atoms with E-state index in [1.165, 1.54) is 18.2 Å². The number of hydrogen-bond acceptors (Lipinski definition) is 6. The van der Waals surface area contributed by atoms with Crippen LogP contribution in [-0.2, 0) is 9.47 Å². The van der Waals surface area contributed by atoms with Crippen molar-refractivity contribution < 1.29 is 9.47 Å². The van der Waals surface area contributed by atoms with Crippen molar-refractivity contribution in [1.82, 2.24) is 9.80 Å². The van der Waals surface area contributed by atoms with Gasteiger partial charge in [-0.05, 0) is 31.8 Å². The maximum absolute atomic E-state index is 5.55. The molecule has 0 N–H and O–H groups in total. The summed E-state index contributed by atoms with van der Waals surface area (Å²) >= 11 is 4.33. The molecule has 0 aliphatic carbocycles. The summed E-state index contributed by atoms with van der Waals surface area (Å²) in [6.07, 6.45) is 0. The largest absolute Gasteiger partial charge is 0.322 e. The van der Waals surface area contributed by atoms with E-state index in [9.17, 15) is 0 Å². The number of thioether (sulfide) groups is 2. The fraction of sp³-hybridized carbons (Fsp3) is 1.00. The predicted octanol–water partition coefficient (Wildman–Crippen LogP) is 3.88. The molecule has 4 rings (SSSR count). The molecule has 25 heavy (non-hydrogen) atoms. The van der Waals surface area contributed by atoms with Gasteiger partial charge in [-0.15, -0.1) is 23.5 Å². The second-order valence-corrected chi connectivity index (χ2v) is 11.6. The van der Waals surface area contributed by atoms with Crippen LogP contribution in [0.2, 0.25) is 0 Å². The van der Waals surface area contributed by atoms with Gasteiger partial charge in [0.05, 0.1) is 10.6 Å². The summed E-state index contributed by atoms with van der Waals surface area (Å²) in [5.41, 5.74) is 0. The number of rotatable bonds is 0. The average molecular weight is 391 g/mol. The van der Waals surface area contributed by atoms with E-state index in [0.29, 0.717) is 22.7 Å². The molecule has 4 aliphatic rings. The van der Waals surface area contributed by atoms with Crippen LogP contribution in [-0.4, -0.2) is 71.8 Å². The highest BCUT2D eigenvalue weighted by molar-refractivity contribution is 8.33. The van der Waals surface area contributed by atoms with Gasteiger partial charge in [0.25, 0.3) is 0 Å². The lowest BCUT2D eigenvalue weighted by atomic mass is 9.83. The standard InChI is InChI=1S/C9H17NO2.C9H17NS2.CH4/c2*1-7-4-10(3)5-9(8(7)2)11-6-12-9;/h2*7-8H,4-6H2,1-3H3;1H4. The van der Waals surface area contributed by atoms with Crippen molar-refractivity contribution in [2.75, 3.05) is 52.2 Å². The minimum absolute atomic E-state index is 0. The number of ether oxygens (including phenoxy) is 2. The number of piperidine rings is 2. The summed E-state index contributed by atoms with van der Waals surface area (Å²) in [6, 6.07) is 0. The Balaban J connectivity index is 0.000000173. The Labute approximate surface area is 163 Å². The molecule has 4 heterocycles. The van der Waals surface area contributed by atoms with E-state index in [4.69, 9.17) is 9.47 Å². The fourth-order valence-electron chi connectivity index (χ4n) is 4.46. The first-order valence-electron chi connectivity index (χ1n) is 9.21. The second-order valence-electron chi connectivity index (χ2n) is 8.36. The maximum Gasteiger partial charge on any atom is 0.189 e. The number of likely N-dealkylation sites (tertiary alicyclic amines) is 2. The van der Waals surface area contributed by atoms with Crippen LogP contribution in [0.3, 0.4) is 0 Å². The first-order chi connectivity index (χ1) is 11.3. The van der Waals surface area contributed by atoms with E-state index >= 15 is 0 Å². The first kappa shape index (κ1) is 21.8. The van der Waals surface area contributed by atoms with Crippen LogP contribution in [0.4, 0.5) is 0 Å². The van der Waals surface area contributed by atoms with Crippen molar-refractivity contribution in [3.05, 3.63) is 0 Å². The van der Waals surface area contributed by atoms with Crippen LogP contribution in [0, 0.1) is 23.7 Å². The second kappa shape index (κ2) is 8.27. The molecular weight excluding hydrogens is 352 g/mol. The zero-order valence-corrected chi connectivity index (χ0v) is 17.7. The summed E-state index contributed by atoms with van der Waals surface area (Å²) in [5.74, 6) is 2.65. The smallest absolute Gasteiger partial charge is 0.189 e. The highest BCUT2D eigenvalue weighted by atomic mass is 32.3. The fourth-order valence-corrected chi connectivity index (χ4v) is 7.76. The van der Waals surface area contributed by atoms with E-state index in [0.717, 1.165) is 24.9 Å². The number of hydrogen-bond donors (Lipinski definition) is 0. The van der Waals surface area contributed by atoms with E-state index in [-0.39, 0.29) is 13.2 Å². The molecule has 0 aromatic carbocycles. The van der Waals surface area contributed by atoms with Gasteiger partial charge >= 0.3 is 0 Å². The Morgan fingerprint density at radius 2 is 1.36 bits per heavy atom.